The van der Waals surface area contributed by atoms with E-state index in [4.69, 9.17) is 9.47 Å². The van der Waals surface area contributed by atoms with Crippen molar-refractivity contribution < 1.29 is 24.7 Å². The fraction of sp³-hybridized carbons (Fsp3) is 0.286. The van der Waals surface area contributed by atoms with Crippen molar-refractivity contribution in [1.29, 1.82) is 0 Å². The van der Waals surface area contributed by atoms with Crippen LogP contribution in [0, 0.1) is 5.21 Å². The lowest BCUT2D eigenvalue weighted by atomic mass is 10.4. The van der Waals surface area contributed by atoms with E-state index in [9.17, 15) is 15.6 Å². The summed E-state index contributed by atoms with van der Waals surface area (Å²) in [5.41, 5.74) is 0.119. The highest BCUT2D eigenvalue weighted by Gasteiger charge is 2.28. The minimum atomic E-state index is 0.00546. The van der Waals surface area contributed by atoms with Crippen LogP contribution in [-0.4, -0.2) is 34.2 Å². The molecule has 0 fully saturated rings. The molecular weight excluding hydrogens is 206 g/mol. The summed E-state index contributed by atoms with van der Waals surface area (Å²) in [7, 11) is 2.66. The second-order valence-corrected chi connectivity index (χ2v) is 2.81. The number of ether oxygens (including phenoxy) is 2. The summed E-state index contributed by atoms with van der Waals surface area (Å²) in [5, 5.41) is 30.0. The summed E-state index contributed by atoms with van der Waals surface area (Å²) in [6.45, 7) is 0. The number of methoxy groups -OCH3 is 2. The number of hydrogen-bond donors (Lipinski definition) is 2. The highest BCUT2D eigenvalue weighted by Crippen LogP contribution is 2.36. The van der Waals surface area contributed by atoms with E-state index < -0.39 is 0 Å². The molecule has 8 nitrogen and oxygen atoms in total. The number of nitrogens with zero attached hydrogens (tertiary/aromatic N) is 3. The summed E-state index contributed by atoms with van der Waals surface area (Å²) in [6, 6.07) is 0. The van der Waals surface area contributed by atoms with Crippen molar-refractivity contribution in [2.24, 2.45) is 0 Å². The summed E-state index contributed by atoms with van der Waals surface area (Å²) in [6.07, 6.45) is 0.986. The molecule has 8 heteroatoms. The maximum absolute atomic E-state index is 11.0. The Morgan fingerprint density at radius 2 is 2.00 bits per heavy atom. The largest absolute Gasteiger partial charge is 0.593 e. The van der Waals surface area contributed by atoms with E-state index >= 15 is 0 Å². The SMILES string of the molecule is COc1c(OC)n(O)c2c[n+]([O-])n(O)c12. The third-order valence-corrected chi connectivity index (χ3v) is 2.09. The Balaban J connectivity index is 2.89. The standard InChI is InChI=1S/C7H9N3O5/c1-14-6-5-4(3-8(11)10(5)13)9(12)7(6)15-2/h3,12-13H,1-2H3. The maximum atomic E-state index is 11.0. The van der Waals surface area contributed by atoms with Crippen LogP contribution in [0.15, 0.2) is 6.20 Å². The first-order valence-corrected chi connectivity index (χ1v) is 3.98. The Hall–Kier alpha value is -2.25. The monoisotopic (exact) mass is 215 g/mol. The zero-order valence-corrected chi connectivity index (χ0v) is 8.04. The molecule has 2 aromatic heterocycles. The molecular formula is C7H9N3O5. The zero-order chi connectivity index (χ0) is 11.2. The Bertz CT molecular complexity index is 514. The van der Waals surface area contributed by atoms with Crippen molar-refractivity contribution in [3.05, 3.63) is 11.4 Å². The van der Waals surface area contributed by atoms with Crippen LogP contribution in [0.3, 0.4) is 0 Å². The van der Waals surface area contributed by atoms with Gasteiger partial charge >= 0.3 is 0 Å². The summed E-state index contributed by atoms with van der Waals surface area (Å²) in [5.74, 6) is 0.0815. The minimum absolute atomic E-state index is 0.00546. The lowest BCUT2D eigenvalue weighted by molar-refractivity contribution is -0.722. The molecule has 0 aliphatic heterocycles. The maximum Gasteiger partial charge on any atom is 0.273 e. The van der Waals surface area contributed by atoms with Gasteiger partial charge in [-0.15, -0.1) is 4.73 Å². The number of fused-ring (bicyclic) bond motifs is 1. The molecule has 0 aliphatic carbocycles. The van der Waals surface area contributed by atoms with Crippen LogP contribution in [0.2, 0.25) is 0 Å². The first-order chi connectivity index (χ1) is 7.11. The van der Waals surface area contributed by atoms with Gasteiger partial charge in [0.05, 0.1) is 14.2 Å². The Morgan fingerprint density at radius 3 is 2.53 bits per heavy atom. The molecule has 15 heavy (non-hydrogen) atoms. The van der Waals surface area contributed by atoms with E-state index in [0.717, 1.165) is 6.20 Å². The van der Waals surface area contributed by atoms with Crippen molar-refractivity contribution >= 4 is 11.0 Å². The van der Waals surface area contributed by atoms with Gasteiger partial charge in [0.25, 0.3) is 5.88 Å². The third-order valence-electron chi connectivity index (χ3n) is 2.09. The molecule has 0 atom stereocenters. The predicted octanol–water partition coefficient (Wildman–Crippen LogP) is -0.432. The predicted molar refractivity (Wildman–Crippen MR) is 46.4 cm³/mol. The van der Waals surface area contributed by atoms with E-state index in [2.05, 4.69) is 0 Å². The fourth-order valence-corrected chi connectivity index (χ4v) is 1.45. The van der Waals surface area contributed by atoms with Crippen LogP contribution in [0.1, 0.15) is 0 Å². The van der Waals surface area contributed by atoms with Crippen LogP contribution in [-0.2, 0) is 0 Å². The summed E-state index contributed by atoms with van der Waals surface area (Å²) in [4.78, 5) is 0.461. The number of rotatable bonds is 2. The molecule has 0 spiro atoms. The van der Waals surface area contributed by atoms with Crippen LogP contribution < -0.4 is 14.3 Å². The molecule has 0 bridgehead atoms. The van der Waals surface area contributed by atoms with Crippen LogP contribution >= 0.6 is 0 Å². The summed E-state index contributed by atoms with van der Waals surface area (Å²) >= 11 is 0. The van der Waals surface area contributed by atoms with Crippen molar-refractivity contribution in [1.82, 2.24) is 9.58 Å². The lowest BCUT2D eigenvalue weighted by Crippen LogP contribution is -2.35. The van der Waals surface area contributed by atoms with Gasteiger partial charge in [-0.25, -0.2) is 0 Å². The van der Waals surface area contributed by atoms with Gasteiger partial charge in [-0.1, -0.05) is 0 Å². The molecule has 2 rings (SSSR count). The molecule has 0 unspecified atom stereocenters. The molecule has 0 saturated carbocycles. The molecule has 2 aromatic rings. The first kappa shape index (κ1) is 9.31. The molecule has 0 aromatic carbocycles. The molecule has 0 radical (unpaired) electrons. The molecule has 0 saturated heterocycles. The van der Waals surface area contributed by atoms with Crippen LogP contribution in [0.25, 0.3) is 11.0 Å². The third kappa shape index (κ3) is 0.981. The topological polar surface area (TPSA) is 95.7 Å². The van der Waals surface area contributed by atoms with Crippen molar-refractivity contribution in [2.45, 2.75) is 0 Å². The van der Waals surface area contributed by atoms with Gasteiger partial charge in [-0.05, 0) is 4.85 Å². The second-order valence-electron chi connectivity index (χ2n) is 2.81. The van der Waals surface area contributed by atoms with E-state index in [0.29, 0.717) is 9.58 Å². The molecule has 2 heterocycles. The summed E-state index contributed by atoms with van der Waals surface area (Å²) < 4.78 is 10.4. The van der Waals surface area contributed by atoms with Gasteiger partial charge < -0.3 is 25.1 Å². The van der Waals surface area contributed by atoms with Gasteiger partial charge in [0, 0.05) is 4.85 Å². The van der Waals surface area contributed by atoms with Gasteiger partial charge in [-0.3, -0.25) is 0 Å². The molecule has 0 amide bonds. The second kappa shape index (κ2) is 2.87. The normalized spacial score (nSPS) is 10.8. The average Bonchev–Trinajstić information content (AvgIpc) is 2.65. The fourth-order valence-electron chi connectivity index (χ4n) is 1.45. The van der Waals surface area contributed by atoms with Crippen LogP contribution in [0.4, 0.5) is 0 Å². The van der Waals surface area contributed by atoms with Crippen molar-refractivity contribution in [2.75, 3.05) is 14.2 Å². The molecule has 2 N–H and O–H groups in total. The highest BCUT2D eigenvalue weighted by atomic mass is 16.6. The Kier molecular flexibility index (Phi) is 1.78. The Labute approximate surface area is 83.6 Å². The van der Waals surface area contributed by atoms with Crippen molar-refractivity contribution in [3.8, 4) is 11.6 Å². The van der Waals surface area contributed by atoms with Crippen LogP contribution in [0.5, 0.6) is 11.6 Å². The number of aromatic nitrogens is 3. The van der Waals surface area contributed by atoms with Gasteiger partial charge in [0.1, 0.15) is 0 Å². The Morgan fingerprint density at radius 1 is 1.33 bits per heavy atom. The molecule has 82 valence electrons. The van der Waals surface area contributed by atoms with Crippen molar-refractivity contribution in [3.63, 3.8) is 0 Å². The highest BCUT2D eigenvalue weighted by molar-refractivity contribution is 5.85. The lowest BCUT2D eigenvalue weighted by Gasteiger charge is -2.03. The van der Waals surface area contributed by atoms with E-state index in [1.54, 1.807) is 0 Å². The molecule has 0 aliphatic rings. The first-order valence-electron chi connectivity index (χ1n) is 3.98. The zero-order valence-electron chi connectivity index (χ0n) is 8.04. The van der Waals surface area contributed by atoms with E-state index in [1.807, 2.05) is 0 Å². The van der Waals surface area contributed by atoms with E-state index in [1.165, 1.54) is 14.2 Å². The smallest absolute Gasteiger partial charge is 0.273 e. The van der Waals surface area contributed by atoms with Gasteiger partial charge in [-0.2, -0.15) is 0 Å². The van der Waals surface area contributed by atoms with Gasteiger partial charge in [0.15, 0.2) is 5.52 Å². The minimum Gasteiger partial charge on any atom is -0.593 e. The number of hydrogen-bond acceptors (Lipinski definition) is 5. The van der Waals surface area contributed by atoms with Gasteiger partial charge in [0.2, 0.25) is 17.5 Å². The van der Waals surface area contributed by atoms with E-state index in [-0.39, 0.29) is 27.5 Å². The average molecular weight is 215 g/mol. The quantitative estimate of drug-likeness (QED) is 0.402.